The average Bonchev–Trinajstić information content (AvgIpc) is 2.04. The minimum atomic E-state index is -0.999. The molecule has 0 N–H and O–H groups in total. The van der Waals surface area contributed by atoms with E-state index in [1.807, 2.05) is 44.2 Å². The van der Waals surface area contributed by atoms with Gasteiger partial charge in [-0.25, -0.2) is 0 Å². The van der Waals surface area contributed by atoms with Gasteiger partial charge in [-0.1, -0.05) is 44.2 Å². The quantitative estimate of drug-likeness (QED) is 0.695. The highest BCUT2D eigenvalue weighted by Crippen LogP contribution is 2.23. The van der Waals surface area contributed by atoms with Gasteiger partial charge in [0, 0.05) is 11.9 Å². The van der Waals surface area contributed by atoms with Crippen LogP contribution in [-0.2, 0) is 4.79 Å². The second-order valence-corrected chi connectivity index (χ2v) is 3.45. The van der Waals surface area contributed by atoms with E-state index < -0.39 is 11.9 Å². The number of rotatable bonds is 3. The second-order valence-electron chi connectivity index (χ2n) is 3.45. The molecule has 0 spiro atoms. The molecule has 70 valence electrons. The van der Waals surface area contributed by atoms with E-state index in [-0.39, 0.29) is 5.92 Å². The SMILES string of the molecule is CC(C)[C@@H](C(=O)[O-])c1ccccc1. The van der Waals surface area contributed by atoms with E-state index in [0.717, 1.165) is 5.56 Å². The number of carbonyl (C=O) groups excluding carboxylic acids is 1. The maximum absolute atomic E-state index is 10.8. The van der Waals surface area contributed by atoms with Crippen molar-refractivity contribution in [3.8, 4) is 0 Å². The Morgan fingerprint density at radius 1 is 1.23 bits per heavy atom. The molecule has 1 atom stereocenters. The molecule has 13 heavy (non-hydrogen) atoms. The standard InChI is InChI=1S/C11H14O2/c1-8(2)10(11(12)13)9-6-4-3-5-7-9/h3-8,10H,1-2H3,(H,12,13)/p-1/t10-/m1/s1. The molecule has 0 heterocycles. The van der Waals surface area contributed by atoms with Gasteiger partial charge < -0.3 is 9.90 Å². The molecular weight excluding hydrogens is 164 g/mol. The Morgan fingerprint density at radius 2 is 1.77 bits per heavy atom. The number of carbonyl (C=O) groups is 1. The Balaban J connectivity index is 2.96. The zero-order valence-corrected chi connectivity index (χ0v) is 7.86. The highest BCUT2D eigenvalue weighted by atomic mass is 16.4. The van der Waals surface area contributed by atoms with Crippen LogP contribution in [0, 0.1) is 5.92 Å². The first-order chi connectivity index (χ1) is 6.13. The number of benzene rings is 1. The lowest BCUT2D eigenvalue weighted by Gasteiger charge is -2.22. The summed E-state index contributed by atoms with van der Waals surface area (Å²) < 4.78 is 0. The maximum Gasteiger partial charge on any atom is 0.0491 e. The second kappa shape index (κ2) is 4.08. The summed E-state index contributed by atoms with van der Waals surface area (Å²) in [6.07, 6.45) is 0. The number of carboxylic acid groups (broad SMARTS) is 1. The van der Waals surface area contributed by atoms with Crippen molar-refractivity contribution in [1.82, 2.24) is 0 Å². The van der Waals surface area contributed by atoms with Gasteiger partial charge in [-0.3, -0.25) is 0 Å². The third kappa shape index (κ3) is 2.31. The number of carboxylic acids is 1. The Bertz CT molecular complexity index is 277. The summed E-state index contributed by atoms with van der Waals surface area (Å²) in [5.74, 6) is -1.44. The molecule has 1 rings (SSSR count). The van der Waals surface area contributed by atoms with Gasteiger partial charge in [0.1, 0.15) is 0 Å². The lowest BCUT2D eigenvalue weighted by Crippen LogP contribution is -2.32. The van der Waals surface area contributed by atoms with E-state index in [1.54, 1.807) is 0 Å². The molecule has 0 aliphatic carbocycles. The van der Waals surface area contributed by atoms with Gasteiger partial charge in [0.25, 0.3) is 0 Å². The van der Waals surface area contributed by atoms with Gasteiger partial charge in [-0.05, 0) is 11.5 Å². The molecule has 1 aromatic carbocycles. The molecule has 0 fully saturated rings. The van der Waals surface area contributed by atoms with Crippen LogP contribution in [0.3, 0.4) is 0 Å². The normalized spacial score (nSPS) is 12.8. The highest BCUT2D eigenvalue weighted by molar-refractivity contribution is 5.74. The fourth-order valence-electron chi connectivity index (χ4n) is 1.45. The zero-order chi connectivity index (χ0) is 9.84. The predicted molar refractivity (Wildman–Crippen MR) is 49.0 cm³/mol. The first-order valence-electron chi connectivity index (χ1n) is 4.38. The van der Waals surface area contributed by atoms with Crippen molar-refractivity contribution in [2.24, 2.45) is 5.92 Å². The van der Waals surface area contributed by atoms with Crippen LogP contribution in [0.4, 0.5) is 0 Å². The van der Waals surface area contributed by atoms with Crippen LogP contribution in [0.25, 0.3) is 0 Å². The minimum absolute atomic E-state index is 0.0624. The van der Waals surface area contributed by atoms with Crippen LogP contribution >= 0.6 is 0 Å². The van der Waals surface area contributed by atoms with Crippen LogP contribution in [0.1, 0.15) is 25.3 Å². The molecule has 0 saturated heterocycles. The summed E-state index contributed by atoms with van der Waals surface area (Å²) >= 11 is 0. The van der Waals surface area contributed by atoms with E-state index in [2.05, 4.69) is 0 Å². The summed E-state index contributed by atoms with van der Waals surface area (Å²) in [6.45, 7) is 3.76. The zero-order valence-electron chi connectivity index (χ0n) is 7.86. The largest absolute Gasteiger partial charge is 0.549 e. The van der Waals surface area contributed by atoms with Crippen molar-refractivity contribution in [2.75, 3.05) is 0 Å². The molecule has 2 heteroatoms. The summed E-state index contributed by atoms with van der Waals surface area (Å²) in [5.41, 5.74) is 0.817. The van der Waals surface area contributed by atoms with E-state index >= 15 is 0 Å². The lowest BCUT2D eigenvalue weighted by atomic mass is 9.89. The average molecular weight is 177 g/mol. The van der Waals surface area contributed by atoms with E-state index in [4.69, 9.17) is 0 Å². The fourth-order valence-corrected chi connectivity index (χ4v) is 1.45. The Morgan fingerprint density at radius 3 is 2.15 bits per heavy atom. The Hall–Kier alpha value is -1.31. The summed E-state index contributed by atoms with van der Waals surface area (Å²) in [6, 6.07) is 9.19. The summed E-state index contributed by atoms with van der Waals surface area (Å²) in [5, 5.41) is 10.8. The first kappa shape index (κ1) is 9.78. The van der Waals surface area contributed by atoms with Gasteiger partial charge in [0.2, 0.25) is 0 Å². The van der Waals surface area contributed by atoms with Crippen molar-refractivity contribution >= 4 is 5.97 Å². The lowest BCUT2D eigenvalue weighted by molar-refractivity contribution is -0.309. The van der Waals surface area contributed by atoms with E-state index in [1.165, 1.54) is 0 Å². The summed E-state index contributed by atoms with van der Waals surface area (Å²) in [4.78, 5) is 10.8. The number of hydrogen-bond acceptors (Lipinski definition) is 2. The van der Waals surface area contributed by atoms with Crippen LogP contribution in [0.15, 0.2) is 30.3 Å². The molecule has 0 aliphatic heterocycles. The number of hydrogen-bond donors (Lipinski definition) is 0. The van der Waals surface area contributed by atoms with Gasteiger partial charge in [-0.2, -0.15) is 0 Å². The molecule has 0 radical (unpaired) electrons. The van der Waals surface area contributed by atoms with Crippen LogP contribution in [-0.4, -0.2) is 5.97 Å². The smallest absolute Gasteiger partial charge is 0.0491 e. The summed E-state index contributed by atoms with van der Waals surface area (Å²) in [7, 11) is 0. The molecule has 0 bridgehead atoms. The van der Waals surface area contributed by atoms with Crippen molar-refractivity contribution in [3.05, 3.63) is 35.9 Å². The van der Waals surface area contributed by atoms with Crippen molar-refractivity contribution < 1.29 is 9.90 Å². The number of aliphatic carboxylic acids is 1. The highest BCUT2D eigenvalue weighted by Gasteiger charge is 2.15. The van der Waals surface area contributed by atoms with E-state index in [9.17, 15) is 9.90 Å². The van der Waals surface area contributed by atoms with Crippen molar-refractivity contribution in [2.45, 2.75) is 19.8 Å². The third-order valence-corrected chi connectivity index (χ3v) is 2.08. The van der Waals surface area contributed by atoms with E-state index in [0.29, 0.717) is 0 Å². The van der Waals surface area contributed by atoms with Gasteiger partial charge in [0.05, 0.1) is 0 Å². The molecule has 0 unspecified atom stereocenters. The Labute approximate surface area is 78.2 Å². The van der Waals surface area contributed by atoms with Gasteiger partial charge in [-0.15, -0.1) is 0 Å². The molecule has 0 aromatic heterocycles. The fraction of sp³-hybridized carbons (Fsp3) is 0.364. The first-order valence-corrected chi connectivity index (χ1v) is 4.38. The monoisotopic (exact) mass is 177 g/mol. The molecule has 1 aromatic rings. The van der Waals surface area contributed by atoms with Crippen LogP contribution in [0.5, 0.6) is 0 Å². The minimum Gasteiger partial charge on any atom is -0.549 e. The van der Waals surface area contributed by atoms with Gasteiger partial charge in [0.15, 0.2) is 0 Å². The molecule has 2 nitrogen and oxygen atoms in total. The maximum atomic E-state index is 10.8. The van der Waals surface area contributed by atoms with Crippen LogP contribution < -0.4 is 5.11 Å². The van der Waals surface area contributed by atoms with Crippen molar-refractivity contribution in [3.63, 3.8) is 0 Å². The molecule has 0 saturated carbocycles. The molecule has 0 aliphatic rings. The Kier molecular flexibility index (Phi) is 3.07. The predicted octanol–water partition coefficient (Wildman–Crippen LogP) is 1.18. The third-order valence-electron chi connectivity index (χ3n) is 2.08. The van der Waals surface area contributed by atoms with Crippen molar-refractivity contribution in [1.29, 1.82) is 0 Å². The van der Waals surface area contributed by atoms with Crippen LogP contribution in [0.2, 0.25) is 0 Å². The van der Waals surface area contributed by atoms with Gasteiger partial charge >= 0.3 is 0 Å². The molecule has 0 amide bonds. The topological polar surface area (TPSA) is 40.1 Å². The molecular formula is C11H13O2-.